The van der Waals surface area contributed by atoms with Crippen molar-refractivity contribution < 1.29 is 9.59 Å². The molecule has 96 valence electrons. The second-order valence-corrected chi connectivity index (χ2v) is 4.48. The van der Waals surface area contributed by atoms with Gasteiger partial charge in [-0.05, 0) is 5.56 Å². The first-order valence-corrected chi connectivity index (χ1v) is 6.06. The highest BCUT2D eigenvalue weighted by Gasteiger charge is 2.09. The van der Waals surface area contributed by atoms with Crippen LogP contribution < -0.4 is 5.32 Å². The molecule has 0 radical (unpaired) electrons. The zero-order valence-electron chi connectivity index (χ0n) is 11.1. The van der Waals surface area contributed by atoms with Gasteiger partial charge < -0.3 is 5.32 Å². The summed E-state index contributed by atoms with van der Waals surface area (Å²) in [7, 11) is 0. The summed E-state index contributed by atoms with van der Waals surface area (Å²) >= 11 is 0. The minimum absolute atomic E-state index is 0.0196. The SMILES string of the molecule is CC(=O)NCC=Cc1ccc(C(=O)C(C)C)cc1. The molecule has 0 bridgehead atoms. The summed E-state index contributed by atoms with van der Waals surface area (Å²) in [5.74, 6) is 0.132. The van der Waals surface area contributed by atoms with Crippen LogP contribution in [0.25, 0.3) is 6.08 Å². The highest BCUT2D eigenvalue weighted by atomic mass is 16.1. The number of carbonyl (C=O) groups excluding carboxylic acids is 2. The van der Waals surface area contributed by atoms with Crippen LogP contribution in [-0.4, -0.2) is 18.2 Å². The molecule has 0 aliphatic heterocycles. The first-order valence-electron chi connectivity index (χ1n) is 6.06. The molecule has 3 heteroatoms. The Labute approximate surface area is 108 Å². The highest BCUT2D eigenvalue weighted by molar-refractivity contribution is 5.97. The summed E-state index contributed by atoms with van der Waals surface area (Å²) in [6.07, 6.45) is 3.79. The Morgan fingerprint density at radius 1 is 1.22 bits per heavy atom. The minimum Gasteiger partial charge on any atom is -0.353 e. The maximum Gasteiger partial charge on any atom is 0.217 e. The lowest BCUT2D eigenvalue weighted by atomic mass is 10.00. The van der Waals surface area contributed by atoms with Crippen LogP contribution in [0.15, 0.2) is 30.3 Å². The van der Waals surface area contributed by atoms with E-state index < -0.39 is 0 Å². The Bertz CT molecular complexity index is 444. The molecular weight excluding hydrogens is 226 g/mol. The standard InChI is InChI=1S/C15H19NO2/c1-11(2)15(18)14-8-6-13(7-9-14)5-4-10-16-12(3)17/h4-9,11H,10H2,1-3H3,(H,16,17). The molecule has 1 aromatic carbocycles. The number of ketones is 1. The molecule has 1 aromatic rings. The molecule has 0 heterocycles. The van der Waals surface area contributed by atoms with Gasteiger partial charge in [-0.2, -0.15) is 0 Å². The average molecular weight is 245 g/mol. The minimum atomic E-state index is -0.0440. The molecule has 0 unspecified atom stereocenters. The second-order valence-electron chi connectivity index (χ2n) is 4.48. The van der Waals surface area contributed by atoms with Gasteiger partial charge in [0.25, 0.3) is 0 Å². The summed E-state index contributed by atoms with van der Waals surface area (Å²) < 4.78 is 0. The van der Waals surface area contributed by atoms with E-state index in [-0.39, 0.29) is 17.6 Å². The van der Waals surface area contributed by atoms with Crippen LogP contribution in [0.3, 0.4) is 0 Å². The number of carbonyl (C=O) groups is 2. The van der Waals surface area contributed by atoms with E-state index in [9.17, 15) is 9.59 Å². The molecule has 1 rings (SSSR count). The predicted molar refractivity (Wildman–Crippen MR) is 73.3 cm³/mol. The van der Waals surface area contributed by atoms with E-state index in [0.29, 0.717) is 6.54 Å². The molecule has 18 heavy (non-hydrogen) atoms. The third-order valence-electron chi connectivity index (χ3n) is 2.50. The highest BCUT2D eigenvalue weighted by Crippen LogP contribution is 2.10. The molecular formula is C15H19NO2. The number of hydrogen-bond donors (Lipinski definition) is 1. The van der Waals surface area contributed by atoms with Crippen molar-refractivity contribution in [3.63, 3.8) is 0 Å². The Hall–Kier alpha value is -1.90. The van der Waals surface area contributed by atoms with Crippen molar-refractivity contribution in [2.24, 2.45) is 5.92 Å². The average Bonchev–Trinajstić information content (AvgIpc) is 2.34. The lowest BCUT2D eigenvalue weighted by Gasteiger charge is -2.04. The van der Waals surface area contributed by atoms with Gasteiger partial charge in [0.2, 0.25) is 5.91 Å². The van der Waals surface area contributed by atoms with E-state index in [4.69, 9.17) is 0 Å². The maximum atomic E-state index is 11.7. The van der Waals surface area contributed by atoms with Crippen molar-refractivity contribution in [2.45, 2.75) is 20.8 Å². The Morgan fingerprint density at radius 2 is 1.83 bits per heavy atom. The van der Waals surface area contributed by atoms with Gasteiger partial charge in [0.15, 0.2) is 5.78 Å². The van der Waals surface area contributed by atoms with Crippen molar-refractivity contribution in [2.75, 3.05) is 6.54 Å². The molecule has 0 saturated heterocycles. The lowest BCUT2D eigenvalue weighted by Crippen LogP contribution is -2.19. The van der Waals surface area contributed by atoms with Gasteiger partial charge in [-0.1, -0.05) is 50.3 Å². The number of rotatable bonds is 5. The van der Waals surface area contributed by atoms with Crippen molar-refractivity contribution in [1.82, 2.24) is 5.32 Å². The van der Waals surface area contributed by atoms with Crippen molar-refractivity contribution in [3.05, 3.63) is 41.5 Å². The fraction of sp³-hybridized carbons (Fsp3) is 0.333. The molecule has 0 aromatic heterocycles. The van der Waals surface area contributed by atoms with Gasteiger partial charge in [0.1, 0.15) is 0 Å². The number of hydrogen-bond acceptors (Lipinski definition) is 2. The molecule has 0 aliphatic rings. The summed E-state index contributed by atoms with van der Waals surface area (Å²) in [6, 6.07) is 7.47. The van der Waals surface area contributed by atoms with E-state index in [0.717, 1.165) is 11.1 Å². The fourth-order valence-electron chi connectivity index (χ4n) is 1.49. The van der Waals surface area contributed by atoms with Crippen LogP contribution in [-0.2, 0) is 4.79 Å². The number of benzene rings is 1. The first kappa shape index (κ1) is 14.2. The quantitative estimate of drug-likeness (QED) is 0.811. The Kier molecular flexibility index (Phi) is 5.31. The first-order chi connectivity index (χ1) is 8.50. The monoisotopic (exact) mass is 245 g/mol. The normalized spacial score (nSPS) is 10.9. The molecule has 0 atom stereocenters. The largest absolute Gasteiger partial charge is 0.353 e. The number of Topliss-reactive ketones (excluding diaryl/α,β-unsaturated/α-hetero) is 1. The van der Waals surface area contributed by atoms with E-state index in [1.807, 2.05) is 50.3 Å². The van der Waals surface area contributed by atoms with Crippen LogP contribution in [0.2, 0.25) is 0 Å². The van der Waals surface area contributed by atoms with Crippen LogP contribution in [0.5, 0.6) is 0 Å². The molecule has 0 fully saturated rings. The van der Waals surface area contributed by atoms with Crippen LogP contribution in [0, 0.1) is 5.92 Å². The fourth-order valence-corrected chi connectivity index (χ4v) is 1.49. The molecule has 0 spiro atoms. The summed E-state index contributed by atoms with van der Waals surface area (Å²) in [5.41, 5.74) is 1.75. The third-order valence-corrected chi connectivity index (χ3v) is 2.50. The van der Waals surface area contributed by atoms with E-state index >= 15 is 0 Å². The third kappa shape index (κ3) is 4.53. The van der Waals surface area contributed by atoms with Crippen molar-refractivity contribution in [1.29, 1.82) is 0 Å². The second kappa shape index (κ2) is 6.74. The molecule has 1 N–H and O–H groups in total. The van der Waals surface area contributed by atoms with Crippen LogP contribution in [0.1, 0.15) is 36.7 Å². The van der Waals surface area contributed by atoms with Gasteiger partial charge in [-0.3, -0.25) is 9.59 Å². The molecule has 3 nitrogen and oxygen atoms in total. The topological polar surface area (TPSA) is 46.2 Å². The van der Waals surface area contributed by atoms with Gasteiger partial charge >= 0.3 is 0 Å². The van der Waals surface area contributed by atoms with Gasteiger partial charge in [0.05, 0.1) is 0 Å². The lowest BCUT2D eigenvalue weighted by molar-refractivity contribution is -0.118. The smallest absolute Gasteiger partial charge is 0.217 e. The maximum absolute atomic E-state index is 11.7. The summed E-state index contributed by atoms with van der Waals surface area (Å²) in [6.45, 7) is 5.79. The molecule has 1 amide bonds. The van der Waals surface area contributed by atoms with Crippen molar-refractivity contribution in [3.8, 4) is 0 Å². The van der Waals surface area contributed by atoms with E-state index in [2.05, 4.69) is 5.32 Å². The predicted octanol–water partition coefficient (Wildman–Crippen LogP) is 2.67. The van der Waals surface area contributed by atoms with Gasteiger partial charge in [-0.15, -0.1) is 0 Å². The summed E-state index contributed by atoms with van der Waals surface area (Å²) in [4.78, 5) is 22.4. The zero-order chi connectivity index (χ0) is 13.5. The van der Waals surface area contributed by atoms with Crippen LogP contribution in [0.4, 0.5) is 0 Å². The number of amides is 1. The van der Waals surface area contributed by atoms with Gasteiger partial charge in [0, 0.05) is 24.9 Å². The molecule has 0 aliphatic carbocycles. The van der Waals surface area contributed by atoms with Gasteiger partial charge in [-0.25, -0.2) is 0 Å². The Balaban J connectivity index is 2.60. The zero-order valence-corrected chi connectivity index (χ0v) is 11.1. The van der Waals surface area contributed by atoms with Crippen LogP contribution >= 0.6 is 0 Å². The van der Waals surface area contributed by atoms with Crippen molar-refractivity contribution >= 4 is 17.8 Å². The van der Waals surface area contributed by atoms with E-state index in [1.54, 1.807) is 0 Å². The summed E-state index contributed by atoms with van der Waals surface area (Å²) in [5, 5.41) is 2.68. The molecule has 0 saturated carbocycles. The Morgan fingerprint density at radius 3 is 2.33 bits per heavy atom. The van der Waals surface area contributed by atoms with E-state index in [1.165, 1.54) is 6.92 Å². The number of nitrogens with one attached hydrogen (secondary N) is 1.